The van der Waals surface area contributed by atoms with Crippen LogP contribution in [0, 0.1) is 5.82 Å². The quantitative estimate of drug-likeness (QED) is 0.476. The SMILES string of the molecule is Cn1cnc(SOc2c3c(c(O)c4ncccc24)C(=O)N(Cc2ccc(F)cc2)C3)c1. The molecule has 0 bridgehead atoms. The number of amides is 1. The third-order valence-electron chi connectivity index (χ3n) is 5.12. The summed E-state index contributed by atoms with van der Waals surface area (Å²) in [7, 11) is 1.86. The van der Waals surface area contributed by atoms with Gasteiger partial charge in [0.15, 0.2) is 16.5 Å². The van der Waals surface area contributed by atoms with E-state index >= 15 is 0 Å². The first kappa shape index (κ1) is 19.4. The molecule has 0 saturated carbocycles. The number of carbonyl (C=O) groups excluding carboxylic acids is 1. The van der Waals surface area contributed by atoms with Crippen molar-refractivity contribution in [2.75, 3.05) is 0 Å². The average Bonchev–Trinajstić information content (AvgIpc) is 3.33. The molecule has 156 valence electrons. The van der Waals surface area contributed by atoms with E-state index in [0.717, 1.165) is 17.6 Å². The summed E-state index contributed by atoms with van der Waals surface area (Å²) in [5.41, 5.74) is 1.86. The molecule has 2 aromatic heterocycles. The van der Waals surface area contributed by atoms with Crippen molar-refractivity contribution in [1.29, 1.82) is 0 Å². The fraction of sp³-hybridized carbons (Fsp3) is 0.136. The maximum Gasteiger partial charge on any atom is 0.258 e. The third kappa shape index (κ3) is 3.46. The molecule has 7 nitrogen and oxygen atoms in total. The molecule has 0 radical (unpaired) electrons. The molecule has 0 unspecified atom stereocenters. The zero-order chi connectivity index (χ0) is 21.5. The maximum atomic E-state index is 13.2. The highest BCUT2D eigenvalue weighted by molar-refractivity contribution is 7.95. The van der Waals surface area contributed by atoms with E-state index in [1.165, 1.54) is 12.1 Å². The van der Waals surface area contributed by atoms with Crippen LogP contribution in [0.25, 0.3) is 10.9 Å². The molecule has 3 heterocycles. The highest BCUT2D eigenvalue weighted by Gasteiger charge is 2.36. The summed E-state index contributed by atoms with van der Waals surface area (Å²) < 4.78 is 21.1. The highest BCUT2D eigenvalue weighted by atomic mass is 32.2. The van der Waals surface area contributed by atoms with Crippen LogP contribution in [0.4, 0.5) is 4.39 Å². The molecule has 31 heavy (non-hydrogen) atoms. The number of aromatic nitrogens is 3. The van der Waals surface area contributed by atoms with Crippen LogP contribution in [0.2, 0.25) is 0 Å². The monoisotopic (exact) mass is 436 g/mol. The van der Waals surface area contributed by atoms with Crippen molar-refractivity contribution in [3.8, 4) is 11.5 Å². The smallest absolute Gasteiger partial charge is 0.258 e. The lowest BCUT2D eigenvalue weighted by Gasteiger charge is -2.15. The average molecular weight is 436 g/mol. The molecule has 1 aliphatic rings. The number of aromatic hydroxyl groups is 1. The first-order valence-corrected chi connectivity index (χ1v) is 10.2. The van der Waals surface area contributed by atoms with Gasteiger partial charge >= 0.3 is 0 Å². The van der Waals surface area contributed by atoms with Crippen molar-refractivity contribution in [1.82, 2.24) is 19.4 Å². The standard InChI is InChI=1S/C22H17FN4O3S/c1-26-11-17(25-12-26)31-30-21-15-3-2-8-24-19(15)20(28)18-16(21)10-27(22(18)29)9-13-4-6-14(23)7-5-13/h2-8,11-12,28H,9-10H2,1H3. The van der Waals surface area contributed by atoms with Crippen molar-refractivity contribution in [3.63, 3.8) is 0 Å². The summed E-state index contributed by atoms with van der Waals surface area (Å²) in [4.78, 5) is 23.2. The van der Waals surface area contributed by atoms with E-state index in [9.17, 15) is 14.3 Å². The Morgan fingerprint density at radius 1 is 1.23 bits per heavy atom. The van der Waals surface area contributed by atoms with Crippen molar-refractivity contribution in [2.24, 2.45) is 7.05 Å². The van der Waals surface area contributed by atoms with Gasteiger partial charge in [-0.1, -0.05) is 12.1 Å². The number of benzene rings is 2. The van der Waals surface area contributed by atoms with Crippen LogP contribution < -0.4 is 4.18 Å². The second kappa shape index (κ2) is 7.59. The number of aryl methyl sites for hydroxylation is 1. The van der Waals surface area contributed by atoms with Crippen LogP contribution in [0.1, 0.15) is 21.5 Å². The Labute approximate surface area is 181 Å². The molecule has 1 N–H and O–H groups in total. The van der Waals surface area contributed by atoms with Crippen LogP contribution in [0.15, 0.2) is 60.1 Å². The van der Waals surface area contributed by atoms with E-state index in [0.29, 0.717) is 27.2 Å². The van der Waals surface area contributed by atoms with E-state index in [1.54, 1.807) is 46.3 Å². The summed E-state index contributed by atoms with van der Waals surface area (Å²) in [6.07, 6.45) is 5.04. The number of nitrogens with zero attached hydrogens (tertiary/aromatic N) is 4. The van der Waals surface area contributed by atoms with E-state index in [1.807, 2.05) is 13.2 Å². The summed E-state index contributed by atoms with van der Waals surface area (Å²) in [5, 5.41) is 12.1. The van der Waals surface area contributed by atoms with Gasteiger partial charge in [0.2, 0.25) is 0 Å². The minimum atomic E-state index is -0.336. The lowest BCUT2D eigenvalue weighted by Crippen LogP contribution is -2.23. The van der Waals surface area contributed by atoms with Crippen molar-refractivity contribution < 1.29 is 18.5 Å². The zero-order valence-electron chi connectivity index (χ0n) is 16.4. The highest BCUT2D eigenvalue weighted by Crippen LogP contribution is 2.45. The van der Waals surface area contributed by atoms with Gasteiger partial charge in [0.25, 0.3) is 5.91 Å². The molecular formula is C22H17FN4O3S. The van der Waals surface area contributed by atoms with Gasteiger partial charge in [-0.3, -0.25) is 9.78 Å². The summed E-state index contributed by atoms with van der Waals surface area (Å²) >= 11 is 1.08. The lowest BCUT2D eigenvalue weighted by molar-refractivity contribution is 0.0764. The first-order chi connectivity index (χ1) is 15.0. The number of phenolic OH excluding ortho intramolecular Hbond substituents is 1. The Kier molecular flexibility index (Phi) is 4.74. The second-order valence-corrected chi connectivity index (χ2v) is 8.01. The van der Waals surface area contributed by atoms with Crippen LogP contribution in [-0.4, -0.2) is 30.4 Å². The zero-order valence-corrected chi connectivity index (χ0v) is 17.3. The summed E-state index contributed by atoms with van der Waals surface area (Å²) in [6, 6.07) is 9.53. The van der Waals surface area contributed by atoms with Gasteiger partial charge in [-0.2, -0.15) is 0 Å². The van der Waals surface area contributed by atoms with E-state index in [-0.39, 0.29) is 36.1 Å². The molecule has 0 atom stereocenters. The molecule has 1 amide bonds. The minimum Gasteiger partial charge on any atom is -0.505 e. The fourth-order valence-corrected chi connectivity index (χ4v) is 4.32. The lowest BCUT2D eigenvalue weighted by atomic mass is 10.0. The van der Waals surface area contributed by atoms with Gasteiger partial charge < -0.3 is 18.8 Å². The number of hydrogen-bond donors (Lipinski definition) is 1. The van der Waals surface area contributed by atoms with Crippen molar-refractivity contribution in [3.05, 3.63) is 77.6 Å². The van der Waals surface area contributed by atoms with Gasteiger partial charge in [-0.25, -0.2) is 9.37 Å². The number of pyridine rings is 1. The first-order valence-electron chi connectivity index (χ1n) is 9.50. The Bertz CT molecular complexity index is 1310. The number of halogens is 1. The van der Waals surface area contributed by atoms with Crippen LogP contribution in [-0.2, 0) is 20.1 Å². The van der Waals surface area contributed by atoms with Crippen molar-refractivity contribution >= 4 is 28.9 Å². The Morgan fingerprint density at radius 2 is 2.03 bits per heavy atom. The van der Waals surface area contributed by atoms with Crippen LogP contribution >= 0.6 is 12.0 Å². The Morgan fingerprint density at radius 3 is 2.77 bits per heavy atom. The number of phenols is 1. The van der Waals surface area contributed by atoms with Gasteiger partial charge in [-0.15, -0.1) is 0 Å². The summed E-state index contributed by atoms with van der Waals surface area (Å²) in [5.74, 6) is -0.344. The van der Waals surface area contributed by atoms with Crippen molar-refractivity contribution in [2.45, 2.75) is 18.1 Å². The molecule has 2 aromatic carbocycles. The Hall–Kier alpha value is -3.59. The number of fused-ring (bicyclic) bond motifs is 2. The van der Waals surface area contributed by atoms with E-state index < -0.39 is 0 Å². The minimum absolute atomic E-state index is 0.160. The molecular weight excluding hydrogens is 419 g/mol. The van der Waals surface area contributed by atoms with Crippen LogP contribution in [0.5, 0.6) is 11.5 Å². The molecule has 1 aliphatic heterocycles. The molecule has 5 rings (SSSR count). The number of imidazole rings is 1. The van der Waals surface area contributed by atoms with E-state index in [2.05, 4.69) is 9.97 Å². The molecule has 0 saturated heterocycles. The number of carbonyl (C=O) groups is 1. The molecule has 9 heteroatoms. The van der Waals surface area contributed by atoms with Gasteiger partial charge in [0.1, 0.15) is 23.4 Å². The maximum absolute atomic E-state index is 13.2. The largest absolute Gasteiger partial charge is 0.505 e. The normalized spacial score (nSPS) is 13.1. The number of rotatable bonds is 5. The molecule has 0 fully saturated rings. The van der Waals surface area contributed by atoms with Gasteiger partial charge in [0, 0.05) is 36.9 Å². The van der Waals surface area contributed by atoms with Gasteiger partial charge in [0.05, 0.1) is 18.4 Å². The molecule has 0 spiro atoms. The molecule has 4 aromatic rings. The topological polar surface area (TPSA) is 80.5 Å². The molecule has 0 aliphatic carbocycles. The third-order valence-corrected chi connectivity index (χ3v) is 5.75. The predicted octanol–water partition coefficient (Wildman–Crippen LogP) is 4.06. The Balaban J connectivity index is 1.54. The second-order valence-electron chi connectivity index (χ2n) is 7.26. The fourth-order valence-electron chi connectivity index (χ4n) is 3.67. The number of hydrogen-bond acceptors (Lipinski definition) is 6. The predicted molar refractivity (Wildman–Crippen MR) is 113 cm³/mol. The van der Waals surface area contributed by atoms with E-state index in [4.69, 9.17) is 4.18 Å². The summed E-state index contributed by atoms with van der Waals surface area (Å²) in [6.45, 7) is 0.534. The van der Waals surface area contributed by atoms with Crippen LogP contribution in [0.3, 0.4) is 0 Å². The van der Waals surface area contributed by atoms with Gasteiger partial charge in [-0.05, 0) is 29.8 Å².